The number of fused-ring (bicyclic) bond motifs is 1. The monoisotopic (exact) mass is 183 g/mol. The number of hydrogen-bond acceptors (Lipinski definition) is 2. The number of amides is 1. The Morgan fingerprint density at radius 3 is 2.62 bits per heavy atom. The first kappa shape index (κ1) is 9.00. The van der Waals surface area contributed by atoms with Gasteiger partial charge in [0.2, 0.25) is 5.91 Å². The Hall–Kier alpha value is -0.570. The largest absolute Gasteiger partial charge is 0.354 e. The van der Waals surface area contributed by atoms with Gasteiger partial charge in [0, 0.05) is 0 Å². The normalized spacial score (nSPS) is 49.2. The molecule has 2 unspecified atom stereocenters. The average Bonchev–Trinajstić information content (AvgIpc) is 2.09. The fourth-order valence-electron chi connectivity index (χ4n) is 2.45. The Balaban J connectivity index is 2.10. The molecular weight excluding hydrogens is 166 g/mol. The third-order valence-electron chi connectivity index (χ3n) is 3.62. The van der Waals surface area contributed by atoms with E-state index in [1.807, 2.05) is 0 Å². The maximum absolute atomic E-state index is 11.2. The highest BCUT2D eigenvalue weighted by Crippen LogP contribution is 2.39. The minimum atomic E-state index is 0.00338. The molecule has 3 nitrogen and oxygen atoms in total. The fraction of sp³-hybridized carbons (Fsp3) is 0.900. The summed E-state index contributed by atoms with van der Waals surface area (Å²) in [4.78, 5) is 11.2. The Kier molecular flexibility index (Phi) is 2.06. The smallest absolute Gasteiger partial charge is 0.229 e. The Bertz CT molecular complexity index is 229. The molecule has 0 aliphatic carbocycles. The quantitative estimate of drug-likeness (QED) is 0.619. The standard InChI is InChI=1S/C10H17NO2/c1-4-7-5(2)6(3)8-9(12)11-10(8)13-7/h5-8,10H,4H2,1-3H3,(H,11,12)/t5?,6?,7-,8+,10+/m1/s1. The second kappa shape index (κ2) is 2.98. The van der Waals surface area contributed by atoms with Gasteiger partial charge in [-0.05, 0) is 18.3 Å². The molecule has 5 atom stereocenters. The van der Waals surface area contributed by atoms with Crippen molar-refractivity contribution in [2.24, 2.45) is 17.8 Å². The number of carbonyl (C=O) groups is 1. The van der Waals surface area contributed by atoms with Crippen molar-refractivity contribution in [2.45, 2.75) is 39.5 Å². The number of nitrogens with one attached hydrogen (secondary N) is 1. The van der Waals surface area contributed by atoms with Crippen LogP contribution in [0.4, 0.5) is 0 Å². The molecule has 0 bridgehead atoms. The van der Waals surface area contributed by atoms with Crippen molar-refractivity contribution in [2.75, 3.05) is 0 Å². The van der Waals surface area contributed by atoms with Gasteiger partial charge in [0.25, 0.3) is 0 Å². The minimum absolute atomic E-state index is 0.00338. The van der Waals surface area contributed by atoms with Crippen LogP contribution in [0.15, 0.2) is 0 Å². The third kappa shape index (κ3) is 1.17. The lowest BCUT2D eigenvalue weighted by atomic mass is 9.73. The summed E-state index contributed by atoms with van der Waals surface area (Å²) in [6, 6.07) is 0. The first-order chi connectivity index (χ1) is 6.15. The molecule has 0 aromatic heterocycles. The van der Waals surface area contributed by atoms with Gasteiger partial charge >= 0.3 is 0 Å². The van der Waals surface area contributed by atoms with E-state index < -0.39 is 0 Å². The molecule has 2 saturated heterocycles. The van der Waals surface area contributed by atoms with Crippen LogP contribution in [0.2, 0.25) is 0 Å². The van der Waals surface area contributed by atoms with E-state index in [1.165, 1.54) is 0 Å². The molecule has 3 heteroatoms. The first-order valence-corrected chi connectivity index (χ1v) is 5.11. The SMILES string of the molecule is CC[C@H]1O[C@@H]2NC(=O)[C@@H]2C(C)C1C. The number of β-lactam (4-membered cyclic amide) rings is 1. The highest BCUT2D eigenvalue weighted by Gasteiger charge is 2.51. The number of ether oxygens (including phenoxy) is 1. The third-order valence-corrected chi connectivity index (χ3v) is 3.62. The van der Waals surface area contributed by atoms with Crippen molar-refractivity contribution >= 4 is 5.91 Å². The van der Waals surface area contributed by atoms with Crippen molar-refractivity contribution < 1.29 is 9.53 Å². The van der Waals surface area contributed by atoms with Gasteiger partial charge in [-0.25, -0.2) is 0 Å². The molecule has 1 N–H and O–H groups in total. The van der Waals surface area contributed by atoms with E-state index >= 15 is 0 Å². The number of carbonyl (C=O) groups excluding carboxylic acids is 1. The zero-order chi connectivity index (χ0) is 9.59. The molecule has 0 aromatic carbocycles. The van der Waals surface area contributed by atoms with Crippen molar-refractivity contribution in [1.82, 2.24) is 5.32 Å². The van der Waals surface area contributed by atoms with E-state index in [2.05, 4.69) is 26.1 Å². The molecule has 2 rings (SSSR count). The molecule has 0 saturated carbocycles. The van der Waals surface area contributed by atoms with Crippen molar-refractivity contribution in [3.05, 3.63) is 0 Å². The molecule has 0 spiro atoms. The summed E-state index contributed by atoms with van der Waals surface area (Å²) >= 11 is 0. The predicted octanol–water partition coefficient (Wildman–Crippen LogP) is 1.14. The molecule has 0 radical (unpaired) electrons. The minimum Gasteiger partial charge on any atom is -0.354 e. The molecule has 13 heavy (non-hydrogen) atoms. The topological polar surface area (TPSA) is 38.3 Å². The van der Waals surface area contributed by atoms with Gasteiger partial charge in [-0.2, -0.15) is 0 Å². The zero-order valence-corrected chi connectivity index (χ0v) is 8.41. The summed E-state index contributed by atoms with van der Waals surface area (Å²) in [7, 11) is 0. The van der Waals surface area contributed by atoms with Crippen molar-refractivity contribution in [1.29, 1.82) is 0 Å². The number of rotatable bonds is 1. The predicted molar refractivity (Wildman–Crippen MR) is 48.9 cm³/mol. The van der Waals surface area contributed by atoms with Crippen molar-refractivity contribution in [3.8, 4) is 0 Å². The van der Waals surface area contributed by atoms with Crippen LogP contribution >= 0.6 is 0 Å². The fourth-order valence-corrected chi connectivity index (χ4v) is 2.45. The summed E-state index contributed by atoms with van der Waals surface area (Å²) in [5, 5.41) is 2.80. The summed E-state index contributed by atoms with van der Waals surface area (Å²) in [5.41, 5.74) is 0. The van der Waals surface area contributed by atoms with E-state index in [0.29, 0.717) is 17.9 Å². The highest BCUT2D eigenvalue weighted by molar-refractivity contribution is 5.85. The molecular formula is C10H17NO2. The lowest BCUT2D eigenvalue weighted by Crippen LogP contribution is -2.67. The molecule has 2 heterocycles. The average molecular weight is 183 g/mol. The molecule has 1 amide bonds. The van der Waals surface area contributed by atoms with E-state index in [0.717, 1.165) is 6.42 Å². The van der Waals surface area contributed by atoms with Crippen LogP contribution in [0.25, 0.3) is 0 Å². The van der Waals surface area contributed by atoms with Crippen LogP contribution in [0.5, 0.6) is 0 Å². The molecule has 74 valence electrons. The Labute approximate surface area is 78.8 Å². The van der Waals surface area contributed by atoms with Crippen LogP contribution in [0.3, 0.4) is 0 Å². The maximum atomic E-state index is 11.2. The maximum Gasteiger partial charge on any atom is 0.229 e. The summed E-state index contributed by atoms with van der Waals surface area (Å²) in [5.74, 6) is 1.23. The van der Waals surface area contributed by atoms with Crippen LogP contribution in [-0.2, 0) is 9.53 Å². The van der Waals surface area contributed by atoms with E-state index in [1.54, 1.807) is 0 Å². The summed E-state index contributed by atoms with van der Waals surface area (Å²) in [6.45, 7) is 6.47. The van der Waals surface area contributed by atoms with Gasteiger partial charge in [-0.1, -0.05) is 20.8 Å². The van der Waals surface area contributed by atoms with Gasteiger partial charge < -0.3 is 10.1 Å². The number of hydrogen-bond donors (Lipinski definition) is 1. The van der Waals surface area contributed by atoms with Crippen LogP contribution in [-0.4, -0.2) is 18.2 Å². The van der Waals surface area contributed by atoms with E-state index in [4.69, 9.17) is 4.74 Å². The van der Waals surface area contributed by atoms with E-state index in [-0.39, 0.29) is 18.1 Å². The lowest BCUT2D eigenvalue weighted by Gasteiger charge is -2.49. The van der Waals surface area contributed by atoms with Crippen LogP contribution < -0.4 is 5.32 Å². The van der Waals surface area contributed by atoms with Crippen molar-refractivity contribution in [3.63, 3.8) is 0 Å². The highest BCUT2D eigenvalue weighted by atomic mass is 16.5. The van der Waals surface area contributed by atoms with Crippen LogP contribution in [0, 0.1) is 17.8 Å². The molecule has 0 aromatic rings. The Morgan fingerprint density at radius 1 is 1.38 bits per heavy atom. The molecule has 2 fully saturated rings. The summed E-state index contributed by atoms with van der Waals surface area (Å²) in [6.07, 6.45) is 1.35. The van der Waals surface area contributed by atoms with Gasteiger partial charge in [-0.15, -0.1) is 0 Å². The second-order valence-corrected chi connectivity index (χ2v) is 4.26. The summed E-state index contributed by atoms with van der Waals surface area (Å²) < 4.78 is 5.76. The Morgan fingerprint density at radius 2 is 2.08 bits per heavy atom. The first-order valence-electron chi connectivity index (χ1n) is 5.11. The lowest BCUT2D eigenvalue weighted by molar-refractivity contribution is -0.198. The molecule has 2 aliphatic rings. The van der Waals surface area contributed by atoms with E-state index in [9.17, 15) is 4.79 Å². The molecule has 2 aliphatic heterocycles. The van der Waals surface area contributed by atoms with Gasteiger partial charge in [-0.3, -0.25) is 4.79 Å². The second-order valence-electron chi connectivity index (χ2n) is 4.26. The van der Waals surface area contributed by atoms with Gasteiger partial charge in [0.15, 0.2) is 0 Å². The van der Waals surface area contributed by atoms with Gasteiger partial charge in [0.05, 0.1) is 12.0 Å². The van der Waals surface area contributed by atoms with Gasteiger partial charge in [0.1, 0.15) is 6.23 Å². The zero-order valence-electron chi connectivity index (χ0n) is 8.41. The van der Waals surface area contributed by atoms with Crippen LogP contribution in [0.1, 0.15) is 27.2 Å².